The molecule has 1 N–H and O–H groups in total. The van der Waals surface area contributed by atoms with Gasteiger partial charge in [-0.2, -0.15) is 5.10 Å². The third kappa shape index (κ3) is 2.53. The number of ketones is 1. The fourth-order valence-corrected chi connectivity index (χ4v) is 1.82. The van der Waals surface area contributed by atoms with Crippen molar-refractivity contribution in [3.05, 3.63) is 47.3 Å². The molecule has 0 bridgehead atoms. The van der Waals surface area contributed by atoms with Gasteiger partial charge in [0, 0.05) is 20.4 Å². The van der Waals surface area contributed by atoms with Crippen LogP contribution in [-0.2, 0) is 13.5 Å². The van der Waals surface area contributed by atoms with E-state index >= 15 is 0 Å². The zero-order valence-electron chi connectivity index (χ0n) is 9.84. The van der Waals surface area contributed by atoms with Crippen molar-refractivity contribution in [2.75, 3.05) is 0 Å². The van der Waals surface area contributed by atoms with E-state index in [4.69, 9.17) is 0 Å². The Morgan fingerprint density at radius 1 is 1.41 bits per heavy atom. The van der Waals surface area contributed by atoms with E-state index in [-0.39, 0.29) is 11.5 Å². The van der Waals surface area contributed by atoms with Gasteiger partial charge in [0.25, 0.3) is 0 Å². The zero-order chi connectivity index (χ0) is 12.4. The van der Waals surface area contributed by atoms with Crippen molar-refractivity contribution in [1.29, 1.82) is 0 Å². The van der Waals surface area contributed by atoms with E-state index in [0.717, 1.165) is 11.3 Å². The lowest BCUT2D eigenvalue weighted by Crippen LogP contribution is -2.02. The minimum absolute atomic E-state index is 0.00200. The molecule has 4 heteroatoms. The summed E-state index contributed by atoms with van der Waals surface area (Å²) in [6, 6.07) is 8.82. The Morgan fingerprint density at radius 2 is 2.18 bits per heavy atom. The number of rotatable bonds is 3. The first-order valence-electron chi connectivity index (χ1n) is 5.38. The molecule has 0 saturated carbocycles. The summed E-state index contributed by atoms with van der Waals surface area (Å²) in [5, 5.41) is 13.6. The highest BCUT2D eigenvalue weighted by atomic mass is 16.3. The van der Waals surface area contributed by atoms with E-state index in [1.807, 2.05) is 6.07 Å². The maximum atomic E-state index is 11.3. The molecule has 0 radical (unpaired) electrons. The highest BCUT2D eigenvalue weighted by Gasteiger charge is 2.09. The number of nitrogens with zero attached hydrogens (tertiary/aromatic N) is 2. The summed E-state index contributed by atoms with van der Waals surface area (Å²) in [6.07, 6.45) is 0.607. The van der Waals surface area contributed by atoms with Crippen LogP contribution in [-0.4, -0.2) is 20.7 Å². The smallest absolute Gasteiger partial charge is 0.177 e. The molecule has 0 fully saturated rings. The van der Waals surface area contributed by atoms with Crippen molar-refractivity contribution >= 4 is 5.78 Å². The molecule has 1 aromatic carbocycles. The molecule has 0 atom stereocenters. The predicted octanol–water partition coefficient (Wildman–Crippen LogP) is 1.92. The molecular weight excluding hydrogens is 216 g/mol. The number of aromatic hydroxyl groups is 1. The highest BCUT2D eigenvalue weighted by molar-refractivity contribution is 5.92. The van der Waals surface area contributed by atoms with Gasteiger partial charge in [-0.1, -0.05) is 12.1 Å². The lowest BCUT2D eigenvalue weighted by molar-refractivity contribution is 0.100. The van der Waals surface area contributed by atoms with Gasteiger partial charge in [-0.15, -0.1) is 0 Å². The second kappa shape index (κ2) is 4.41. The van der Waals surface area contributed by atoms with Crippen molar-refractivity contribution in [1.82, 2.24) is 9.78 Å². The average Bonchev–Trinajstić information content (AvgIpc) is 2.59. The van der Waals surface area contributed by atoms with Crippen LogP contribution in [0.5, 0.6) is 5.75 Å². The minimum atomic E-state index is 0.00200. The first-order valence-corrected chi connectivity index (χ1v) is 5.38. The van der Waals surface area contributed by atoms with Crippen LogP contribution in [0.15, 0.2) is 30.3 Å². The van der Waals surface area contributed by atoms with Gasteiger partial charge in [0.2, 0.25) is 0 Å². The van der Waals surface area contributed by atoms with Crippen LogP contribution < -0.4 is 0 Å². The van der Waals surface area contributed by atoms with Gasteiger partial charge in [-0.25, -0.2) is 0 Å². The number of Topliss-reactive ketones (excluding diaryl/α,β-unsaturated/α-hetero) is 1. The first-order chi connectivity index (χ1) is 8.06. The van der Waals surface area contributed by atoms with Gasteiger partial charge in [-0.3, -0.25) is 9.48 Å². The Bertz CT molecular complexity index is 558. The molecule has 1 heterocycles. The van der Waals surface area contributed by atoms with E-state index < -0.39 is 0 Å². The van der Waals surface area contributed by atoms with Crippen LogP contribution in [0.1, 0.15) is 28.7 Å². The first kappa shape index (κ1) is 11.4. The molecule has 0 saturated heterocycles. The molecule has 2 aromatic rings. The molecule has 0 aliphatic rings. The third-order valence-electron chi connectivity index (χ3n) is 2.59. The molecule has 0 spiro atoms. The second-order valence-electron chi connectivity index (χ2n) is 4.05. The third-order valence-corrected chi connectivity index (χ3v) is 2.59. The highest BCUT2D eigenvalue weighted by Crippen LogP contribution is 2.15. The molecule has 2 rings (SSSR count). The van der Waals surface area contributed by atoms with Gasteiger partial charge in [0.1, 0.15) is 11.4 Å². The standard InChI is InChI=1S/C13H14N2O2/c1-9(16)13-8-11(14-15(13)2)6-10-4-3-5-12(17)7-10/h3-5,7-8,17H,6H2,1-2H3. The van der Waals surface area contributed by atoms with E-state index in [2.05, 4.69) is 5.10 Å². The number of hydrogen-bond acceptors (Lipinski definition) is 3. The maximum Gasteiger partial charge on any atom is 0.177 e. The van der Waals surface area contributed by atoms with Crippen LogP contribution in [0.3, 0.4) is 0 Å². The second-order valence-corrected chi connectivity index (χ2v) is 4.05. The zero-order valence-corrected chi connectivity index (χ0v) is 9.84. The number of aromatic nitrogens is 2. The number of benzene rings is 1. The van der Waals surface area contributed by atoms with Crippen LogP contribution in [0.4, 0.5) is 0 Å². The summed E-state index contributed by atoms with van der Waals surface area (Å²) in [5.41, 5.74) is 2.39. The van der Waals surface area contributed by atoms with Gasteiger partial charge in [0.15, 0.2) is 5.78 Å². The van der Waals surface area contributed by atoms with Gasteiger partial charge in [-0.05, 0) is 23.8 Å². The quantitative estimate of drug-likeness (QED) is 0.819. The fourth-order valence-electron chi connectivity index (χ4n) is 1.82. The average molecular weight is 230 g/mol. The van der Waals surface area contributed by atoms with Crippen LogP contribution in [0.2, 0.25) is 0 Å². The number of aryl methyl sites for hydroxylation is 1. The molecule has 4 nitrogen and oxygen atoms in total. The van der Waals surface area contributed by atoms with Crippen LogP contribution >= 0.6 is 0 Å². The Kier molecular flexibility index (Phi) is 2.95. The number of phenolic OH excluding ortho intramolecular Hbond substituents is 1. The predicted molar refractivity (Wildman–Crippen MR) is 64.1 cm³/mol. The van der Waals surface area contributed by atoms with Crippen molar-refractivity contribution in [2.45, 2.75) is 13.3 Å². The van der Waals surface area contributed by atoms with Crippen molar-refractivity contribution < 1.29 is 9.90 Å². The Labute approximate surface area is 99.5 Å². The topological polar surface area (TPSA) is 55.1 Å². The molecular formula is C13H14N2O2. The molecule has 0 aliphatic carbocycles. The van der Waals surface area contributed by atoms with Crippen molar-refractivity contribution in [2.24, 2.45) is 7.05 Å². The van der Waals surface area contributed by atoms with E-state index in [9.17, 15) is 9.90 Å². The van der Waals surface area contributed by atoms with E-state index in [1.54, 1.807) is 36.0 Å². The minimum Gasteiger partial charge on any atom is -0.508 e. The number of carbonyl (C=O) groups excluding carboxylic acids is 1. The molecule has 88 valence electrons. The van der Waals surface area contributed by atoms with E-state index in [0.29, 0.717) is 12.1 Å². The van der Waals surface area contributed by atoms with Gasteiger partial charge >= 0.3 is 0 Å². The number of carbonyl (C=O) groups is 1. The van der Waals surface area contributed by atoms with Gasteiger partial charge in [0.05, 0.1) is 5.69 Å². The lowest BCUT2D eigenvalue weighted by Gasteiger charge is -1.98. The van der Waals surface area contributed by atoms with Crippen molar-refractivity contribution in [3.63, 3.8) is 0 Å². The van der Waals surface area contributed by atoms with Crippen LogP contribution in [0.25, 0.3) is 0 Å². The molecule has 0 amide bonds. The van der Waals surface area contributed by atoms with Crippen molar-refractivity contribution in [3.8, 4) is 5.75 Å². The Morgan fingerprint density at radius 3 is 2.76 bits per heavy atom. The maximum absolute atomic E-state index is 11.3. The molecule has 17 heavy (non-hydrogen) atoms. The largest absolute Gasteiger partial charge is 0.508 e. The lowest BCUT2D eigenvalue weighted by atomic mass is 10.1. The number of phenols is 1. The summed E-state index contributed by atoms with van der Waals surface area (Å²) in [7, 11) is 1.75. The Balaban J connectivity index is 2.25. The monoisotopic (exact) mass is 230 g/mol. The molecule has 0 unspecified atom stereocenters. The summed E-state index contributed by atoms with van der Waals surface area (Å²) >= 11 is 0. The summed E-state index contributed by atoms with van der Waals surface area (Å²) in [4.78, 5) is 11.3. The van der Waals surface area contributed by atoms with Gasteiger partial charge < -0.3 is 5.11 Å². The van der Waals surface area contributed by atoms with E-state index in [1.165, 1.54) is 6.92 Å². The fraction of sp³-hybridized carbons (Fsp3) is 0.231. The molecule has 1 aromatic heterocycles. The van der Waals surface area contributed by atoms with Crippen LogP contribution in [0, 0.1) is 0 Å². The summed E-state index contributed by atoms with van der Waals surface area (Å²) in [5.74, 6) is 0.243. The number of hydrogen-bond donors (Lipinski definition) is 1. The SMILES string of the molecule is CC(=O)c1cc(Cc2cccc(O)c2)nn1C. The normalized spacial score (nSPS) is 10.5. The summed E-state index contributed by atoms with van der Waals surface area (Å²) in [6.45, 7) is 1.52. The summed E-state index contributed by atoms with van der Waals surface area (Å²) < 4.78 is 1.58. The Hall–Kier alpha value is -2.10. The molecule has 0 aliphatic heterocycles.